The highest BCUT2D eigenvalue weighted by molar-refractivity contribution is 14.1. The van der Waals surface area contributed by atoms with Gasteiger partial charge in [-0.1, -0.05) is 59.1 Å². The fourth-order valence-electron chi connectivity index (χ4n) is 2.58. The average molecular weight is 584 g/mol. The van der Waals surface area contributed by atoms with E-state index >= 15 is 0 Å². The molecule has 0 radical (unpaired) electrons. The number of nitriles is 1. The van der Waals surface area contributed by atoms with Gasteiger partial charge in [0, 0.05) is 0 Å². The maximum Gasteiger partial charge on any atom is 0.266 e. The van der Waals surface area contributed by atoms with E-state index in [1.165, 1.54) is 6.08 Å². The molecule has 0 aliphatic heterocycles. The topological polar surface area (TPSA) is 62.1 Å². The summed E-state index contributed by atoms with van der Waals surface area (Å²) in [6, 6.07) is 19.5. The van der Waals surface area contributed by atoms with Crippen LogP contribution in [0.3, 0.4) is 0 Å². The van der Waals surface area contributed by atoms with Crippen molar-refractivity contribution < 1.29 is 9.53 Å². The zero-order valence-electron chi connectivity index (χ0n) is 15.8. The smallest absolute Gasteiger partial charge is 0.266 e. The average Bonchev–Trinajstić information content (AvgIpc) is 2.75. The van der Waals surface area contributed by atoms with Crippen molar-refractivity contribution in [1.82, 2.24) is 0 Å². The summed E-state index contributed by atoms with van der Waals surface area (Å²) in [5, 5.41) is 13.4. The van der Waals surface area contributed by atoms with Crippen molar-refractivity contribution in [2.24, 2.45) is 0 Å². The van der Waals surface area contributed by atoms with Gasteiger partial charge in [-0.2, -0.15) is 5.26 Å². The minimum Gasteiger partial charge on any atom is -0.488 e. The number of rotatable bonds is 6. The number of hydrogen-bond donors (Lipinski definition) is 1. The van der Waals surface area contributed by atoms with E-state index in [2.05, 4.69) is 27.9 Å². The van der Waals surface area contributed by atoms with Gasteiger partial charge in [0.05, 0.1) is 24.3 Å². The zero-order valence-corrected chi connectivity index (χ0v) is 20.3. The van der Waals surface area contributed by atoms with Gasteiger partial charge < -0.3 is 10.1 Å². The first-order valence-electron chi connectivity index (χ1n) is 8.91. The van der Waals surface area contributed by atoms with E-state index in [-0.39, 0.29) is 5.57 Å². The second-order valence-corrected chi connectivity index (χ2v) is 8.71. The minimum absolute atomic E-state index is 0.0415. The third-order valence-electron chi connectivity index (χ3n) is 4.13. The molecule has 3 aromatic carbocycles. The predicted octanol–water partition coefficient (Wildman–Crippen LogP) is 7.38. The van der Waals surface area contributed by atoms with Crippen molar-refractivity contribution >= 4 is 75.1 Å². The molecule has 3 rings (SSSR count). The molecule has 0 aromatic heterocycles. The standard InChI is InChI=1S/C23H14Cl3IN2O2/c24-17-7-5-15(10-19(17)26)13-31-22-8-6-14(11-20(22)27)9-16(12-28)23(30)29-21-4-2-1-3-18(21)25/h1-11H,13H2,(H,29,30)/b16-9+. The van der Waals surface area contributed by atoms with Crippen LogP contribution in [0.2, 0.25) is 15.1 Å². The van der Waals surface area contributed by atoms with E-state index in [4.69, 9.17) is 39.5 Å². The Labute approximate surface area is 208 Å². The molecule has 0 aliphatic carbocycles. The van der Waals surface area contributed by atoms with Crippen LogP contribution >= 0.6 is 57.4 Å². The van der Waals surface area contributed by atoms with E-state index in [0.717, 1.165) is 9.13 Å². The second kappa shape index (κ2) is 10.9. The molecule has 0 saturated heterocycles. The first-order valence-corrected chi connectivity index (χ1v) is 11.1. The van der Waals surface area contributed by atoms with Crippen molar-refractivity contribution in [1.29, 1.82) is 5.26 Å². The van der Waals surface area contributed by atoms with Crippen molar-refractivity contribution in [3.63, 3.8) is 0 Å². The van der Waals surface area contributed by atoms with Crippen molar-refractivity contribution in [3.8, 4) is 11.8 Å². The second-order valence-electron chi connectivity index (χ2n) is 6.33. The SMILES string of the molecule is N#C/C(=C\c1ccc(OCc2ccc(Cl)c(Cl)c2)c(I)c1)C(=O)Nc1ccccc1Cl. The lowest BCUT2D eigenvalue weighted by atomic mass is 10.1. The van der Waals surface area contributed by atoms with Gasteiger partial charge in [0.15, 0.2) is 0 Å². The Kier molecular flexibility index (Phi) is 8.22. The summed E-state index contributed by atoms with van der Waals surface area (Å²) < 4.78 is 6.68. The maximum atomic E-state index is 12.5. The van der Waals surface area contributed by atoms with E-state index in [1.807, 2.05) is 18.2 Å². The van der Waals surface area contributed by atoms with Crippen molar-refractivity contribution in [2.75, 3.05) is 5.32 Å². The van der Waals surface area contributed by atoms with Gasteiger partial charge in [-0.3, -0.25) is 4.79 Å². The summed E-state index contributed by atoms with van der Waals surface area (Å²) in [6.07, 6.45) is 1.51. The van der Waals surface area contributed by atoms with Gasteiger partial charge in [-0.05, 0) is 76.2 Å². The molecule has 0 unspecified atom stereocenters. The van der Waals surface area contributed by atoms with E-state index in [1.54, 1.807) is 48.5 Å². The fourth-order valence-corrected chi connectivity index (χ4v) is 3.78. The highest BCUT2D eigenvalue weighted by Gasteiger charge is 2.12. The number of ether oxygens (including phenoxy) is 1. The minimum atomic E-state index is -0.537. The van der Waals surface area contributed by atoms with Gasteiger partial charge in [0.25, 0.3) is 5.91 Å². The Bertz CT molecular complexity index is 1210. The molecular weight excluding hydrogens is 570 g/mol. The number of amides is 1. The molecule has 0 bridgehead atoms. The lowest BCUT2D eigenvalue weighted by Gasteiger charge is -2.10. The van der Waals surface area contributed by atoms with Crippen LogP contribution in [-0.2, 0) is 11.4 Å². The summed E-state index contributed by atoms with van der Waals surface area (Å²) in [6.45, 7) is 0.325. The molecule has 1 amide bonds. The Balaban J connectivity index is 1.72. The summed E-state index contributed by atoms with van der Waals surface area (Å²) in [4.78, 5) is 12.5. The third kappa shape index (κ3) is 6.37. The molecule has 3 aromatic rings. The number of anilines is 1. The summed E-state index contributed by atoms with van der Waals surface area (Å²) in [7, 11) is 0. The first kappa shape index (κ1) is 23.4. The number of nitrogens with zero attached hydrogens (tertiary/aromatic N) is 1. The monoisotopic (exact) mass is 582 g/mol. The molecule has 0 spiro atoms. The molecule has 156 valence electrons. The van der Waals surface area contributed by atoms with Crippen LogP contribution in [-0.4, -0.2) is 5.91 Å². The molecule has 0 fully saturated rings. The number of para-hydroxylation sites is 1. The van der Waals surface area contributed by atoms with Crippen LogP contribution in [0.25, 0.3) is 6.08 Å². The van der Waals surface area contributed by atoms with Crippen LogP contribution in [0.1, 0.15) is 11.1 Å². The van der Waals surface area contributed by atoms with Crippen LogP contribution in [0.15, 0.2) is 66.2 Å². The number of carbonyl (C=O) groups is 1. The number of carbonyl (C=O) groups excluding carboxylic acids is 1. The largest absolute Gasteiger partial charge is 0.488 e. The van der Waals surface area contributed by atoms with Crippen LogP contribution in [0, 0.1) is 14.9 Å². The fraction of sp³-hybridized carbons (Fsp3) is 0.0435. The Morgan fingerprint density at radius 3 is 2.48 bits per heavy atom. The summed E-state index contributed by atoms with van der Waals surface area (Å²) >= 11 is 20.2. The molecule has 4 nitrogen and oxygen atoms in total. The van der Waals surface area contributed by atoms with E-state index in [0.29, 0.717) is 38.7 Å². The van der Waals surface area contributed by atoms with Crippen molar-refractivity contribution in [3.05, 3.63) is 96.0 Å². The number of hydrogen-bond acceptors (Lipinski definition) is 3. The molecule has 1 N–H and O–H groups in total. The zero-order chi connectivity index (χ0) is 22.4. The normalized spacial score (nSPS) is 11.0. The summed E-state index contributed by atoms with van der Waals surface area (Å²) in [5.41, 5.74) is 1.98. The predicted molar refractivity (Wildman–Crippen MR) is 134 cm³/mol. The maximum absolute atomic E-state index is 12.5. The molecule has 31 heavy (non-hydrogen) atoms. The van der Waals surface area contributed by atoms with Gasteiger partial charge in [0.2, 0.25) is 0 Å². The molecule has 0 heterocycles. The van der Waals surface area contributed by atoms with Gasteiger partial charge >= 0.3 is 0 Å². The van der Waals surface area contributed by atoms with Crippen LogP contribution in [0.5, 0.6) is 5.75 Å². The highest BCUT2D eigenvalue weighted by atomic mass is 127. The van der Waals surface area contributed by atoms with Gasteiger partial charge in [-0.25, -0.2) is 0 Å². The van der Waals surface area contributed by atoms with Crippen LogP contribution in [0.4, 0.5) is 5.69 Å². The number of halogens is 4. The first-order chi connectivity index (χ1) is 14.9. The molecule has 0 atom stereocenters. The van der Waals surface area contributed by atoms with Gasteiger partial charge in [-0.15, -0.1) is 0 Å². The summed E-state index contributed by atoms with van der Waals surface area (Å²) in [5.74, 6) is 0.133. The van der Waals surface area contributed by atoms with E-state index < -0.39 is 5.91 Å². The highest BCUT2D eigenvalue weighted by Crippen LogP contribution is 2.27. The molecular formula is C23H14Cl3IN2O2. The van der Waals surface area contributed by atoms with Gasteiger partial charge in [0.1, 0.15) is 24.0 Å². The number of nitrogens with one attached hydrogen (secondary N) is 1. The quantitative estimate of drug-likeness (QED) is 0.187. The molecule has 0 aliphatic rings. The Morgan fingerprint density at radius 2 is 1.81 bits per heavy atom. The third-order valence-corrected chi connectivity index (χ3v) is 6.04. The molecule has 0 saturated carbocycles. The van der Waals surface area contributed by atoms with Crippen molar-refractivity contribution in [2.45, 2.75) is 6.61 Å². The molecule has 8 heteroatoms. The number of benzene rings is 3. The Hall–Kier alpha value is -2.24. The van der Waals surface area contributed by atoms with Crippen LogP contribution < -0.4 is 10.1 Å². The lowest BCUT2D eigenvalue weighted by Crippen LogP contribution is -2.13. The lowest BCUT2D eigenvalue weighted by molar-refractivity contribution is -0.112. The Morgan fingerprint density at radius 1 is 1.03 bits per heavy atom. The van der Waals surface area contributed by atoms with E-state index in [9.17, 15) is 10.1 Å².